The third kappa shape index (κ3) is 5.74. The van der Waals surface area contributed by atoms with E-state index in [1.54, 1.807) is 38.1 Å². The number of esters is 1. The number of hydrogen-bond acceptors (Lipinski definition) is 6. The molecule has 1 aliphatic rings. The molecule has 0 aliphatic carbocycles. The molecule has 2 aromatic rings. The normalized spacial score (nSPS) is 15.0. The van der Waals surface area contributed by atoms with Crippen molar-refractivity contribution < 1.29 is 28.7 Å². The van der Waals surface area contributed by atoms with Crippen molar-refractivity contribution in [3.8, 4) is 5.75 Å². The second-order valence-electron chi connectivity index (χ2n) is 6.80. The molecule has 8 nitrogen and oxygen atoms in total. The van der Waals surface area contributed by atoms with E-state index in [1.807, 2.05) is 22.6 Å². The summed E-state index contributed by atoms with van der Waals surface area (Å²) in [5.74, 6) is -1.68. The highest BCUT2D eigenvalue weighted by Crippen LogP contribution is 2.33. The maximum absolute atomic E-state index is 13.1. The van der Waals surface area contributed by atoms with Crippen LogP contribution in [0.15, 0.2) is 40.4 Å². The molecule has 0 saturated carbocycles. The highest BCUT2D eigenvalue weighted by atomic mass is 127. The van der Waals surface area contributed by atoms with Crippen molar-refractivity contribution in [1.29, 1.82) is 0 Å². The molecule has 0 radical (unpaired) electrons. The first-order valence-electron chi connectivity index (χ1n) is 9.57. The van der Waals surface area contributed by atoms with Crippen LogP contribution < -0.4 is 15.0 Å². The zero-order valence-corrected chi connectivity index (χ0v) is 21.9. The monoisotopic (exact) mass is 646 g/mol. The molecule has 11 heteroatoms. The van der Waals surface area contributed by atoms with Crippen LogP contribution in [0.25, 0.3) is 6.08 Å². The number of nitrogens with zero attached hydrogens (tertiary/aromatic N) is 1. The molecule has 0 aromatic heterocycles. The molecule has 3 rings (SSSR count). The SMILES string of the molecule is CCOC(=O)COc1c(Br)cc(/C=C2/C(=O)NC(=O)N(c3ccc(C)c(Cl)c3)C2=O)cc1I. The third-order valence-electron chi connectivity index (χ3n) is 4.49. The van der Waals surface area contributed by atoms with Crippen molar-refractivity contribution >= 4 is 85.7 Å². The van der Waals surface area contributed by atoms with Crippen LogP contribution in [0.2, 0.25) is 5.02 Å². The summed E-state index contributed by atoms with van der Waals surface area (Å²) >= 11 is 11.5. The van der Waals surface area contributed by atoms with Crippen LogP contribution in [0.4, 0.5) is 10.5 Å². The Morgan fingerprint density at radius 1 is 1.24 bits per heavy atom. The lowest BCUT2D eigenvalue weighted by atomic mass is 10.1. The van der Waals surface area contributed by atoms with Gasteiger partial charge in [0, 0.05) is 5.02 Å². The van der Waals surface area contributed by atoms with Crippen molar-refractivity contribution in [2.45, 2.75) is 13.8 Å². The van der Waals surface area contributed by atoms with Gasteiger partial charge in [-0.1, -0.05) is 17.7 Å². The summed E-state index contributed by atoms with van der Waals surface area (Å²) in [6.45, 7) is 3.47. The summed E-state index contributed by atoms with van der Waals surface area (Å²) in [7, 11) is 0. The van der Waals surface area contributed by atoms with Crippen molar-refractivity contribution in [2.75, 3.05) is 18.1 Å². The lowest BCUT2D eigenvalue weighted by Gasteiger charge is -2.26. The van der Waals surface area contributed by atoms with Crippen molar-refractivity contribution in [1.82, 2.24) is 5.32 Å². The summed E-state index contributed by atoms with van der Waals surface area (Å²) in [5.41, 5.74) is 1.30. The van der Waals surface area contributed by atoms with Gasteiger partial charge in [-0.2, -0.15) is 0 Å². The topological polar surface area (TPSA) is 102 Å². The fraction of sp³-hybridized carbons (Fsp3) is 0.182. The van der Waals surface area contributed by atoms with Crippen LogP contribution in [0, 0.1) is 10.5 Å². The Morgan fingerprint density at radius 3 is 2.61 bits per heavy atom. The first-order valence-corrected chi connectivity index (χ1v) is 11.8. The Kier molecular flexibility index (Phi) is 8.14. The van der Waals surface area contributed by atoms with E-state index in [0.29, 0.717) is 24.4 Å². The highest BCUT2D eigenvalue weighted by Gasteiger charge is 2.37. The zero-order chi connectivity index (χ0) is 24.3. The average molecular weight is 648 g/mol. The molecule has 172 valence electrons. The molecule has 0 unspecified atom stereocenters. The molecule has 33 heavy (non-hydrogen) atoms. The number of anilines is 1. The number of halogens is 3. The molecule has 1 saturated heterocycles. The molecule has 0 spiro atoms. The van der Waals surface area contributed by atoms with E-state index in [-0.39, 0.29) is 24.5 Å². The molecular weight excluding hydrogens is 631 g/mol. The number of hydrogen-bond donors (Lipinski definition) is 1. The van der Waals surface area contributed by atoms with Gasteiger partial charge >= 0.3 is 12.0 Å². The first kappa shape index (κ1) is 25.2. The molecule has 4 amide bonds. The Balaban J connectivity index is 1.91. The van der Waals surface area contributed by atoms with Gasteiger partial charge in [0.05, 0.1) is 20.3 Å². The fourth-order valence-electron chi connectivity index (χ4n) is 2.91. The van der Waals surface area contributed by atoms with Crippen LogP contribution >= 0.6 is 50.1 Å². The smallest absolute Gasteiger partial charge is 0.344 e. The Bertz CT molecular complexity index is 1180. The van der Waals surface area contributed by atoms with Crippen molar-refractivity contribution in [2.24, 2.45) is 0 Å². The molecular formula is C22H17BrClIN2O6. The summed E-state index contributed by atoms with van der Waals surface area (Å²) in [4.78, 5) is 50.3. The van der Waals surface area contributed by atoms with Gasteiger partial charge in [0.1, 0.15) is 11.3 Å². The summed E-state index contributed by atoms with van der Waals surface area (Å²) in [6, 6.07) is 7.16. The van der Waals surface area contributed by atoms with Gasteiger partial charge in [0.25, 0.3) is 11.8 Å². The number of ether oxygens (including phenoxy) is 2. The number of urea groups is 1. The first-order chi connectivity index (χ1) is 15.6. The minimum Gasteiger partial charge on any atom is -0.480 e. The van der Waals surface area contributed by atoms with Crippen LogP contribution in [0.3, 0.4) is 0 Å². The van der Waals surface area contributed by atoms with Crippen LogP contribution in [-0.2, 0) is 19.1 Å². The third-order valence-corrected chi connectivity index (χ3v) is 6.28. The molecule has 0 atom stereocenters. The van der Waals surface area contributed by atoms with Crippen molar-refractivity contribution in [3.63, 3.8) is 0 Å². The molecule has 1 N–H and O–H groups in total. The van der Waals surface area contributed by atoms with Gasteiger partial charge in [0.2, 0.25) is 0 Å². The van der Waals surface area contributed by atoms with E-state index in [0.717, 1.165) is 10.5 Å². The van der Waals surface area contributed by atoms with Crippen LogP contribution in [0.1, 0.15) is 18.1 Å². The van der Waals surface area contributed by atoms with Gasteiger partial charge in [-0.3, -0.25) is 14.9 Å². The molecule has 1 aliphatic heterocycles. The second kappa shape index (κ2) is 10.7. The minimum absolute atomic E-state index is 0.228. The fourth-order valence-corrected chi connectivity index (χ4v) is 4.86. The van der Waals surface area contributed by atoms with E-state index < -0.39 is 23.8 Å². The molecule has 1 fully saturated rings. The Morgan fingerprint density at radius 2 is 1.97 bits per heavy atom. The maximum Gasteiger partial charge on any atom is 0.344 e. The lowest BCUT2D eigenvalue weighted by Crippen LogP contribution is -2.54. The van der Waals surface area contributed by atoms with E-state index in [4.69, 9.17) is 21.1 Å². The van der Waals surface area contributed by atoms with E-state index in [2.05, 4.69) is 21.2 Å². The largest absolute Gasteiger partial charge is 0.480 e. The molecule has 0 bridgehead atoms. The molecule has 1 heterocycles. The van der Waals surface area contributed by atoms with Gasteiger partial charge in [0.15, 0.2) is 6.61 Å². The van der Waals surface area contributed by atoms with Gasteiger partial charge in [-0.25, -0.2) is 14.5 Å². The second-order valence-corrected chi connectivity index (χ2v) is 9.22. The minimum atomic E-state index is -0.861. The Labute approximate surface area is 216 Å². The number of benzene rings is 2. The number of aryl methyl sites for hydroxylation is 1. The van der Waals surface area contributed by atoms with E-state index >= 15 is 0 Å². The number of barbiturate groups is 1. The van der Waals surface area contributed by atoms with E-state index in [9.17, 15) is 19.2 Å². The van der Waals surface area contributed by atoms with Gasteiger partial charge in [-0.15, -0.1) is 0 Å². The summed E-state index contributed by atoms with van der Waals surface area (Å²) < 4.78 is 11.5. The quantitative estimate of drug-likeness (QED) is 0.213. The standard InChI is InChI=1S/C22H17BrClIN2O6/c1-3-32-18(28)10-33-19-15(23)7-12(8-17(19)25)6-14-20(29)26-22(31)27(21(14)30)13-5-4-11(2)16(24)9-13/h4-9H,3,10H2,1-2H3,(H,26,29,31)/b14-6-. The summed E-state index contributed by atoms with van der Waals surface area (Å²) in [5, 5.41) is 2.56. The average Bonchev–Trinajstić information content (AvgIpc) is 2.73. The van der Waals surface area contributed by atoms with Crippen LogP contribution in [0.5, 0.6) is 5.75 Å². The van der Waals surface area contributed by atoms with Gasteiger partial charge < -0.3 is 9.47 Å². The van der Waals surface area contributed by atoms with Gasteiger partial charge in [-0.05, 0) is 93.8 Å². The number of imide groups is 2. The number of carbonyl (C=O) groups excluding carboxylic acids is 4. The predicted molar refractivity (Wildman–Crippen MR) is 134 cm³/mol. The highest BCUT2D eigenvalue weighted by molar-refractivity contribution is 14.1. The summed E-state index contributed by atoms with van der Waals surface area (Å²) in [6.07, 6.45) is 1.37. The lowest BCUT2D eigenvalue weighted by molar-refractivity contribution is -0.145. The number of rotatable bonds is 6. The predicted octanol–water partition coefficient (Wildman–Crippen LogP) is 4.62. The number of amides is 4. The number of carbonyl (C=O) groups is 4. The zero-order valence-electron chi connectivity index (χ0n) is 17.4. The Hall–Kier alpha value is -2.44. The molecule has 2 aromatic carbocycles. The maximum atomic E-state index is 13.1. The number of nitrogens with one attached hydrogen (secondary N) is 1. The van der Waals surface area contributed by atoms with E-state index in [1.165, 1.54) is 12.1 Å². The van der Waals surface area contributed by atoms with Crippen molar-refractivity contribution in [3.05, 3.63) is 60.1 Å². The van der Waals surface area contributed by atoms with Crippen LogP contribution in [-0.4, -0.2) is 37.0 Å².